The maximum Gasteiger partial charge on any atom is 0.416 e. The van der Waals surface area contributed by atoms with Crippen LogP contribution in [0, 0.1) is 0 Å². The van der Waals surface area contributed by atoms with Gasteiger partial charge in [0, 0.05) is 0 Å². The van der Waals surface area contributed by atoms with Gasteiger partial charge in [0.15, 0.2) is 0 Å². The van der Waals surface area contributed by atoms with Gasteiger partial charge < -0.3 is 0 Å². The first kappa shape index (κ1) is 23.3. The van der Waals surface area contributed by atoms with E-state index in [1.165, 1.54) is 24.3 Å². The second kappa shape index (κ2) is 7.98. The van der Waals surface area contributed by atoms with Crippen molar-refractivity contribution in [2.75, 3.05) is 0 Å². The minimum atomic E-state index is -4.50. The molecule has 31 heavy (non-hydrogen) atoms. The zero-order valence-corrected chi connectivity index (χ0v) is 19.3. The van der Waals surface area contributed by atoms with Gasteiger partial charge in [-0.05, 0) is 0 Å². The highest BCUT2D eigenvalue weighted by molar-refractivity contribution is 7.54. The highest BCUT2D eigenvalue weighted by Gasteiger charge is 2.49. The molecule has 0 heterocycles. The Labute approximate surface area is 179 Å². The maximum absolute atomic E-state index is 13.5. The number of alkyl halides is 6. The van der Waals surface area contributed by atoms with Crippen molar-refractivity contribution in [3.05, 3.63) is 90.0 Å². The Morgan fingerprint density at radius 2 is 1.03 bits per heavy atom. The van der Waals surface area contributed by atoms with Gasteiger partial charge in [-0.1, -0.05) is 114 Å². The molecular weight excluding hydrogens is 446 g/mol. The molecule has 164 valence electrons. The molecular formula is C23H22F6Si2. The summed E-state index contributed by atoms with van der Waals surface area (Å²) in [5.41, 5.74) is -1.51. The van der Waals surface area contributed by atoms with E-state index in [0.717, 1.165) is 23.4 Å². The van der Waals surface area contributed by atoms with E-state index in [4.69, 9.17) is 0 Å². The number of hydrogen-bond donors (Lipinski definition) is 0. The minimum absolute atomic E-state index is 0.572. The van der Waals surface area contributed by atoms with Crippen molar-refractivity contribution in [3.8, 4) is 0 Å². The molecule has 0 aliphatic rings. The van der Waals surface area contributed by atoms with Crippen molar-refractivity contribution in [1.29, 1.82) is 0 Å². The van der Waals surface area contributed by atoms with Crippen LogP contribution in [0.3, 0.4) is 0 Å². The van der Waals surface area contributed by atoms with Crippen LogP contribution in [0.1, 0.15) is 11.1 Å². The Hall–Kier alpha value is -2.33. The third-order valence-corrected chi connectivity index (χ3v) is 23.6. The Morgan fingerprint density at radius 1 is 0.516 bits per heavy atom. The smallest absolute Gasteiger partial charge is 0.166 e. The normalized spacial score (nSPS) is 14.9. The molecule has 0 saturated heterocycles. The van der Waals surface area contributed by atoms with Crippen molar-refractivity contribution in [2.45, 2.75) is 32.0 Å². The van der Waals surface area contributed by atoms with Gasteiger partial charge in [-0.25, -0.2) is 0 Å². The number of rotatable bonds is 4. The average molecular weight is 469 g/mol. The van der Waals surface area contributed by atoms with E-state index in [9.17, 15) is 26.3 Å². The fraction of sp³-hybridized carbons (Fsp3) is 0.217. The number of halogens is 6. The fourth-order valence-electron chi connectivity index (χ4n) is 4.03. The molecule has 0 fully saturated rings. The van der Waals surface area contributed by atoms with E-state index in [1.54, 1.807) is 6.07 Å². The highest BCUT2D eigenvalue weighted by atomic mass is 29.3. The van der Waals surface area contributed by atoms with Crippen molar-refractivity contribution < 1.29 is 26.3 Å². The summed E-state index contributed by atoms with van der Waals surface area (Å²) in [5, 5.41) is 2.32. The van der Waals surface area contributed by atoms with Crippen LogP contribution in [0.4, 0.5) is 26.3 Å². The summed E-state index contributed by atoms with van der Waals surface area (Å²) in [6.45, 7) is 6.16. The molecule has 0 aromatic heterocycles. The molecule has 0 spiro atoms. The Bertz CT molecular complexity index is 1040. The van der Waals surface area contributed by atoms with Crippen LogP contribution < -0.4 is 15.6 Å². The lowest BCUT2D eigenvalue weighted by Crippen LogP contribution is -2.76. The number of benzene rings is 3. The topological polar surface area (TPSA) is 0 Å². The quantitative estimate of drug-likeness (QED) is 0.345. The molecule has 3 aromatic rings. The number of hydrogen-bond acceptors (Lipinski definition) is 0. The first-order valence-corrected chi connectivity index (χ1v) is 16.2. The lowest BCUT2D eigenvalue weighted by atomic mass is 10.2. The fourth-order valence-corrected chi connectivity index (χ4v) is 16.6. The van der Waals surface area contributed by atoms with Crippen molar-refractivity contribution in [1.82, 2.24) is 0 Å². The van der Waals surface area contributed by atoms with E-state index < -0.39 is 38.7 Å². The van der Waals surface area contributed by atoms with Crippen LogP contribution in [-0.4, -0.2) is 15.2 Å². The zero-order valence-electron chi connectivity index (χ0n) is 17.3. The average Bonchev–Trinajstić information content (AvgIpc) is 2.72. The molecule has 0 radical (unpaired) electrons. The van der Waals surface area contributed by atoms with Crippen LogP contribution in [0.5, 0.6) is 0 Å². The Kier molecular flexibility index (Phi) is 6.01. The van der Waals surface area contributed by atoms with Gasteiger partial charge in [-0.15, -0.1) is 0 Å². The van der Waals surface area contributed by atoms with Crippen LogP contribution in [0.2, 0.25) is 19.6 Å². The molecule has 8 heteroatoms. The molecule has 0 nitrogen and oxygen atoms in total. The van der Waals surface area contributed by atoms with Gasteiger partial charge in [0.2, 0.25) is 0 Å². The van der Waals surface area contributed by atoms with Crippen molar-refractivity contribution in [2.24, 2.45) is 0 Å². The molecule has 3 rings (SSSR count). The van der Waals surface area contributed by atoms with Gasteiger partial charge >= 0.3 is 12.4 Å². The molecule has 1 unspecified atom stereocenters. The van der Waals surface area contributed by atoms with E-state index in [-0.39, 0.29) is 0 Å². The largest absolute Gasteiger partial charge is 0.416 e. The highest BCUT2D eigenvalue weighted by Crippen LogP contribution is 2.31. The molecule has 3 aromatic carbocycles. The third kappa shape index (κ3) is 4.36. The Morgan fingerprint density at radius 3 is 1.55 bits per heavy atom. The lowest BCUT2D eigenvalue weighted by Gasteiger charge is -2.43. The molecule has 0 amide bonds. The second-order valence-electron chi connectivity index (χ2n) is 8.27. The van der Waals surface area contributed by atoms with Gasteiger partial charge in [-0.2, -0.15) is 26.3 Å². The summed E-state index contributed by atoms with van der Waals surface area (Å²) in [6, 6.07) is 19.8. The van der Waals surface area contributed by atoms with E-state index in [1.807, 2.05) is 36.9 Å². The predicted molar refractivity (Wildman–Crippen MR) is 117 cm³/mol. The summed E-state index contributed by atoms with van der Waals surface area (Å²) < 4.78 is 79.7. The predicted octanol–water partition coefficient (Wildman–Crippen LogP) is 5.61. The molecule has 0 N–H and O–H groups in total. The standard InChI is InChI=1S/C23H22F6Si2/c1-30(2,19-9-5-4-6-10-19)31(3,20-14-12-17(13-15-20)22(24,25)26)21-11-7-8-18(16-21)23(27,28)29/h4-16H,1-3H3. The monoisotopic (exact) mass is 468 g/mol. The van der Waals surface area contributed by atoms with Crippen LogP contribution in [0.25, 0.3) is 0 Å². The van der Waals surface area contributed by atoms with Crippen molar-refractivity contribution >= 4 is 30.7 Å². The molecule has 0 bridgehead atoms. The van der Waals surface area contributed by atoms with Crippen LogP contribution in [0.15, 0.2) is 78.9 Å². The Balaban J connectivity index is 2.27. The van der Waals surface area contributed by atoms with Gasteiger partial charge in [0.25, 0.3) is 0 Å². The van der Waals surface area contributed by atoms with Crippen LogP contribution in [-0.2, 0) is 12.4 Å². The first-order chi connectivity index (χ1) is 14.3. The van der Waals surface area contributed by atoms with Crippen molar-refractivity contribution in [3.63, 3.8) is 0 Å². The lowest BCUT2D eigenvalue weighted by molar-refractivity contribution is -0.138. The summed E-state index contributed by atoms with van der Waals surface area (Å²) in [4.78, 5) is 0. The first-order valence-electron chi connectivity index (χ1n) is 9.69. The zero-order chi connectivity index (χ0) is 23.1. The minimum Gasteiger partial charge on any atom is -0.166 e. The summed E-state index contributed by atoms with van der Waals surface area (Å²) in [6.07, 6.45) is -8.97. The van der Waals surface area contributed by atoms with Gasteiger partial charge in [-0.3, -0.25) is 0 Å². The van der Waals surface area contributed by atoms with Gasteiger partial charge in [0.1, 0.15) is 7.59 Å². The molecule has 0 aliphatic carbocycles. The second-order valence-corrected chi connectivity index (χ2v) is 22.3. The molecule has 0 aliphatic heterocycles. The van der Waals surface area contributed by atoms with E-state index >= 15 is 0 Å². The molecule has 1 atom stereocenters. The summed E-state index contributed by atoms with van der Waals surface area (Å²) in [5.74, 6) is 0. The molecule has 0 saturated carbocycles. The summed E-state index contributed by atoms with van der Waals surface area (Å²) >= 11 is 0. The van der Waals surface area contributed by atoms with E-state index in [2.05, 4.69) is 13.1 Å². The van der Waals surface area contributed by atoms with Crippen LogP contribution >= 0.6 is 0 Å². The van der Waals surface area contributed by atoms with Gasteiger partial charge in [0.05, 0.1) is 18.7 Å². The third-order valence-electron chi connectivity index (χ3n) is 6.30. The van der Waals surface area contributed by atoms with E-state index in [0.29, 0.717) is 10.4 Å². The summed E-state index contributed by atoms with van der Waals surface area (Å²) in [7, 11) is -5.36. The SMILES string of the molecule is C[Si](C)(c1ccccc1)[Si](C)(c1ccc(C(F)(F)F)cc1)c1cccc(C(F)(F)F)c1. The maximum atomic E-state index is 13.5.